The van der Waals surface area contributed by atoms with E-state index < -0.39 is 0 Å². The molecule has 1 amide bonds. The largest absolute Gasteiger partial charge is 0.383 e. The van der Waals surface area contributed by atoms with Gasteiger partial charge in [-0.05, 0) is 13.3 Å². The minimum Gasteiger partial charge on any atom is -0.383 e. The summed E-state index contributed by atoms with van der Waals surface area (Å²) in [5, 5.41) is 0. The van der Waals surface area contributed by atoms with E-state index in [9.17, 15) is 4.79 Å². The minimum atomic E-state index is -0.0138. The molecule has 0 rings (SSSR count). The molecule has 0 saturated heterocycles. The molecule has 0 heterocycles. The van der Waals surface area contributed by atoms with Crippen LogP contribution in [0.3, 0.4) is 0 Å². The van der Waals surface area contributed by atoms with Crippen LogP contribution in [0.2, 0.25) is 0 Å². The van der Waals surface area contributed by atoms with Crippen LogP contribution in [0, 0.1) is 0 Å². The summed E-state index contributed by atoms with van der Waals surface area (Å²) in [4.78, 5) is 13.7. The van der Waals surface area contributed by atoms with Crippen molar-refractivity contribution in [3.05, 3.63) is 0 Å². The van der Waals surface area contributed by atoms with E-state index in [2.05, 4.69) is 0 Å². The Morgan fingerprint density at radius 3 is 2.47 bits per heavy atom. The normalized spacial score (nSPS) is 12.5. The summed E-state index contributed by atoms with van der Waals surface area (Å²) in [5.41, 5.74) is 0. The first-order valence-corrected chi connectivity index (χ1v) is 6.02. The van der Waals surface area contributed by atoms with Gasteiger partial charge >= 0.3 is 0 Å². The van der Waals surface area contributed by atoms with E-state index >= 15 is 0 Å². The fraction of sp³-hybridized carbons (Fsp3) is 0.917. The van der Waals surface area contributed by atoms with Gasteiger partial charge in [0.05, 0.1) is 19.3 Å². The Labute approximate surface area is 104 Å². The van der Waals surface area contributed by atoms with Crippen LogP contribution < -0.4 is 0 Å². The number of carbonyl (C=O) groups excluding carboxylic acids is 1. The predicted octanol–water partition coefficient (Wildman–Crippen LogP) is 0.923. The number of amides is 1. The Morgan fingerprint density at radius 2 is 1.94 bits per heavy atom. The summed E-state index contributed by atoms with van der Waals surface area (Å²) in [6.07, 6.45) is 0.916. The van der Waals surface area contributed by atoms with Gasteiger partial charge in [0.2, 0.25) is 5.91 Å². The Morgan fingerprint density at radius 1 is 1.24 bits per heavy atom. The molecule has 5 heteroatoms. The highest BCUT2D eigenvalue weighted by molar-refractivity contribution is 5.77. The van der Waals surface area contributed by atoms with E-state index in [1.807, 2.05) is 13.8 Å². The average Bonchev–Trinajstić information content (AvgIpc) is 2.30. The van der Waals surface area contributed by atoms with Gasteiger partial charge in [0.15, 0.2) is 0 Å². The number of hydrogen-bond acceptors (Lipinski definition) is 4. The summed E-state index contributed by atoms with van der Waals surface area (Å²) >= 11 is 0. The topological polar surface area (TPSA) is 48.0 Å². The van der Waals surface area contributed by atoms with Gasteiger partial charge in [-0.2, -0.15) is 0 Å². The predicted molar refractivity (Wildman–Crippen MR) is 66.0 cm³/mol. The third kappa shape index (κ3) is 7.31. The number of ether oxygens (including phenoxy) is 3. The van der Waals surface area contributed by atoms with E-state index in [0.29, 0.717) is 26.4 Å². The van der Waals surface area contributed by atoms with Crippen molar-refractivity contribution in [3.8, 4) is 0 Å². The van der Waals surface area contributed by atoms with Crippen LogP contribution in [0.25, 0.3) is 0 Å². The van der Waals surface area contributed by atoms with Gasteiger partial charge in [-0.25, -0.2) is 0 Å². The molecule has 1 atom stereocenters. The lowest BCUT2D eigenvalue weighted by Crippen LogP contribution is -2.44. The van der Waals surface area contributed by atoms with Crippen molar-refractivity contribution in [1.82, 2.24) is 4.90 Å². The molecule has 0 aromatic carbocycles. The molecule has 0 aromatic rings. The molecule has 0 aromatic heterocycles. The van der Waals surface area contributed by atoms with Crippen molar-refractivity contribution < 1.29 is 19.0 Å². The van der Waals surface area contributed by atoms with Crippen LogP contribution in [0.5, 0.6) is 0 Å². The van der Waals surface area contributed by atoms with Crippen LogP contribution in [-0.4, -0.2) is 64.0 Å². The number of rotatable bonds is 10. The lowest BCUT2D eigenvalue weighted by atomic mass is 10.3. The monoisotopic (exact) mass is 247 g/mol. The first-order valence-electron chi connectivity index (χ1n) is 6.02. The van der Waals surface area contributed by atoms with Crippen LogP contribution in [0.15, 0.2) is 0 Å². The maximum absolute atomic E-state index is 11.9. The summed E-state index contributed by atoms with van der Waals surface area (Å²) in [7, 11) is 3.25. The first-order chi connectivity index (χ1) is 8.17. The molecule has 0 radical (unpaired) electrons. The molecule has 1 unspecified atom stereocenters. The number of methoxy groups -OCH3 is 2. The maximum Gasteiger partial charge on any atom is 0.248 e. The van der Waals surface area contributed by atoms with Gasteiger partial charge in [-0.3, -0.25) is 4.79 Å². The summed E-state index contributed by atoms with van der Waals surface area (Å²) in [6.45, 7) is 6.32. The molecule has 5 nitrogen and oxygen atoms in total. The van der Waals surface area contributed by atoms with Crippen molar-refractivity contribution in [1.29, 1.82) is 0 Å². The highest BCUT2D eigenvalue weighted by atomic mass is 16.5. The smallest absolute Gasteiger partial charge is 0.248 e. The van der Waals surface area contributed by atoms with Crippen LogP contribution in [-0.2, 0) is 19.0 Å². The number of carbonyl (C=O) groups is 1. The van der Waals surface area contributed by atoms with Crippen LogP contribution in [0.1, 0.15) is 20.3 Å². The molecule has 0 saturated carbocycles. The lowest BCUT2D eigenvalue weighted by molar-refractivity contribution is -0.140. The molecule has 0 N–H and O–H groups in total. The van der Waals surface area contributed by atoms with Gasteiger partial charge in [0.1, 0.15) is 6.61 Å². The molecule has 0 spiro atoms. The van der Waals surface area contributed by atoms with Crippen molar-refractivity contribution in [2.45, 2.75) is 26.3 Å². The SMILES string of the molecule is CCCOCC(=O)N(CCOC)C(C)COC. The number of nitrogens with zero attached hydrogens (tertiary/aromatic N) is 1. The third-order valence-corrected chi connectivity index (χ3v) is 2.37. The van der Waals surface area contributed by atoms with Gasteiger partial charge < -0.3 is 19.1 Å². The molecule has 0 fully saturated rings. The van der Waals surface area contributed by atoms with Gasteiger partial charge in [0, 0.05) is 27.4 Å². The van der Waals surface area contributed by atoms with Gasteiger partial charge in [-0.1, -0.05) is 6.92 Å². The Bertz CT molecular complexity index is 199. The molecular weight excluding hydrogens is 222 g/mol. The second kappa shape index (κ2) is 10.5. The van der Waals surface area contributed by atoms with Crippen LogP contribution >= 0.6 is 0 Å². The second-order valence-corrected chi connectivity index (χ2v) is 3.94. The van der Waals surface area contributed by atoms with Crippen molar-refractivity contribution >= 4 is 5.91 Å². The van der Waals surface area contributed by atoms with Crippen molar-refractivity contribution in [2.75, 3.05) is 47.2 Å². The second-order valence-electron chi connectivity index (χ2n) is 3.94. The fourth-order valence-corrected chi connectivity index (χ4v) is 1.50. The standard InChI is InChI=1S/C12H25NO4/c1-5-7-17-10-12(14)13(6-8-15-3)11(2)9-16-4/h11H,5-10H2,1-4H3. The van der Waals surface area contributed by atoms with Crippen molar-refractivity contribution in [2.24, 2.45) is 0 Å². The average molecular weight is 247 g/mol. The zero-order chi connectivity index (χ0) is 13.1. The zero-order valence-corrected chi connectivity index (χ0v) is 11.4. The summed E-state index contributed by atoms with van der Waals surface area (Å²) < 4.78 is 15.3. The van der Waals surface area contributed by atoms with E-state index in [0.717, 1.165) is 6.42 Å². The maximum atomic E-state index is 11.9. The van der Waals surface area contributed by atoms with E-state index in [1.54, 1.807) is 19.1 Å². The van der Waals surface area contributed by atoms with Gasteiger partial charge in [-0.15, -0.1) is 0 Å². The molecule has 0 bridgehead atoms. The molecule has 17 heavy (non-hydrogen) atoms. The molecule has 102 valence electrons. The quantitative estimate of drug-likeness (QED) is 0.539. The molecular formula is C12H25NO4. The Kier molecular flexibility index (Phi) is 10.1. The van der Waals surface area contributed by atoms with E-state index in [-0.39, 0.29) is 18.6 Å². The Balaban J connectivity index is 4.18. The van der Waals surface area contributed by atoms with E-state index in [4.69, 9.17) is 14.2 Å². The molecule has 0 aliphatic heterocycles. The van der Waals surface area contributed by atoms with E-state index in [1.165, 1.54) is 0 Å². The van der Waals surface area contributed by atoms with Gasteiger partial charge in [0.25, 0.3) is 0 Å². The summed E-state index contributed by atoms with van der Waals surface area (Å²) in [5.74, 6) is -0.0138. The first kappa shape index (κ1) is 16.4. The highest BCUT2D eigenvalue weighted by Gasteiger charge is 2.19. The third-order valence-electron chi connectivity index (χ3n) is 2.37. The minimum absolute atomic E-state index is 0.0138. The fourth-order valence-electron chi connectivity index (χ4n) is 1.50. The number of hydrogen-bond donors (Lipinski definition) is 0. The zero-order valence-electron chi connectivity index (χ0n) is 11.4. The molecule has 0 aliphatic rings. The lowest BCUT2D eigenvalue weighted by Gasteiger charge is -2.28. The highest BCUT2D eigenvalue weighted by Crippen LogP contribution is 2.01. The van der Waals surface area contributed by atoms with Crippen molar-refractivity contribution in [3.63, 3.8) is 0 Å². The Hall–Kier alpha value is -0.650. The van der Waals surface area contributed by atoms with Crippen LogP contribution in [0.4, 0.5) is 0 Å². The molecule has 0 aliphatic carbocycles. The summed E-state index contributed by atoms with van der Waals surface area (Å²) in [6, 6.07) is 0.0351.